The molecule has 5 rings (SSSR count). The maximum atomic E-state index is 13.1. The van der Waals surface area contributed by atoms with Crippen LogP contribution in [0.25, 0.3) is 10.9 Å². The quantitative estimate of drug-likeness (QED) is 0.542. The summed E-state index contributed by atoms with van der Waals surface area (Å²) in [5.41, 5.74) is 3.77. The Morgan fingerprint density at radius 1 is 1.03 bits per heavy atom. The predicted molar refractivity (Wildman–Crippen MR) is 129 cm³/mol. The Kier molecular flexibility index (Phi) is 6.75. The largest absolute Gasteiger partial charge is 0.495 e. The lowest BCUT2D eigenvalue weighted by Crippen LogP contribution is -2.35. The van der Waals surface area contributed by atoms with Crippen molar-refractivity contribution in [2.45, 2.75) is 39.8 Å². The average Bonchev–Trinajstić information content (AvgIpc) is 3.13. The number of hydrogen-bond donors (Lipinski definition) is 0. The van der Waals surface area contributed by atoms with Crippen LogP contribution < -0.4 is 4.74 Å². The standard InChI is InChI=1S/C26H29N3O2.CH4/c1-31-25-21-9-5-6-10-22(21)27-23-18-29(26(30)24(23)25)16-13-19-11-14-28(15-12-19)17-20-7-3-2-4-8-20;/h2-10,19H,11-18H2,1H3;1H4. The van der Waals surface area contributed by atoms with E-state index in [-0.39, 0.29) is 13.3 Å². The third-order valence-electron chi connectivity index (χ3n) is 6.73. The molecule has 2 aromatic carbocycles. The number of methoxy groups -OCH3 is 1. The van der Waals surface area contributed by atoms with E-state index in [9.17, 15) is 4.79 Å². The molecule has 0 atom stereocenters. The number of aromatic nitrogens is 1. The van der Waals surface area contributed by atoms with Crippen LogP contribution in [0.3, 0.4) is 0 Å². The molecule has 32 heavy (non-hydrogen) atoms. The van der Waals surface area contributed by atoms with Crippen molar-refractivity contribution in [3.8, 4) is 5.75 Å². The van der Waals surface area contributed by atoms with Crippen molar-refractivity contribution in [2.75, 3.05) is 26.7 Å². The van der Waals surface area contributed by atoms with E-state index in [1.54, 1.807) is 7.11 Å². The maximum absolute atomic E-state index is 13.1. The number of ether oxygens (including phenoxy) is 1. The third kappa shape index (κ3) is 4.35. The highest BCUT2D eigenvalue weighted by Gasteiger charge is 2.33. The number of nitrogens with zero attached hydrogens (tertiary/aromatic N) is 3. The zero-order valence-electron chi connectivity index (χ0n) is 18.1. The highest BCUT2D eigenvalue weighted by atomic mass is 16.5. The molecule has 0 saturated carbocycles. The Bertz CT molecular complexity index is 1070. The lowest BCUT2D eigenvalue weighted by Gasteiger charge is -2.32. The monoisotopic (exact) mass is 431 g/mol. The van der Waals surface area contributed by atoms with Crippen molar-refractivity contribution in [1.29, 1.82) is 0 Å². The molecule has 168 valence electrons. The van der Waals surface area contributed by atoms with E-state index in [4.69, 9.17) is 9.72 Å². The van der Waals surface area contributed by atoms with Gasteiger partial charge < -0.3 is 9.64 Å². The zero-order chi connectivity index (χ0) is 21.2. The minimum absolute atomic E-state index is 0. The molecular weight excluding hydrogens is 398 g/mol. The Morgan fingerprint density at radius 3 is 2.50 bits per heavy atom. The number of likely N-dealkylation sites (tertiary alicyclic amines) is 1. The summed E-state index contributed by atoms with van der Waals surface area (Å²) in [6.07, 6.45) is 3.46. The molecule has 0 unspecified atom stereocenters. The van der Waals surface area contributed by atoms with Crippen LogP contribution in [0.5, 0.6) is 5.75 Å². The van der Waals surface area contributed by atoms with Crippen molar-refractivity contribution in [2.24, 2.45) is 5.92 Å². The second kappa shape index (κ2) is 9.70. The summed E-state index contributed by atoms with van der Waals surface area (Å²) in [5.74, 6) is 1.41. The number of rotatable bonds is 6. The molecule has 0 aliphatic carbocycles. The molecule has 1 saturated heterocycles. The lowest BCUT2D eigenvalue weighted by atomic mass is 9.93. The first-order valence-electron chi connectivity index (χ1n) is 11.2. The SMILES string of the molecule is C.COc1c2c(nc3ccccc13)CN(CCC1CCN(Cc3ccccc3)CC1)C2=O. The van der Waals surface area contributed by atoms with E-state index in [1.807, 2.05) is 29.2 Å². The van der Waals surface area contributed by atoms with Crippen molar-refractivity contribution < 1.29 is 9.53 Å². The van der Waals surface area contributed by atoms with Gasteiger partial charge in [-0.3, -0.25) is 9.69 Å². The predicted octanol–water partition coefficient (Wildman–Crippen LogP) is 5.14. The Balaban J connectivity index is 0.00000245. The number of carbonyl (C=O) groups excluding carboxylic acids is 1. The maximum Gasteiger partial charge on any atom is 0.259 e. The summed E-state index contributed by atoms with van der Waals surface area (Å²) in [5, 5.41) is 0.907. The first kappa shape index (κ1) is 22.3. The summed E-state index contributed by atoms with van der Waals surface area (Å²) >= 11 is 0. The highest BCUT2D eigenvalue weighted by Crippen LogP contribution is 2.36. The molecule has 5 heteroatoms. The van der Waals surface area contributed by atoms with E-state index in [0.29, 0.717) is 23.8 Å². The molecule has 2 aliphatic heterocycles. The Morgan fingerprint density at radius 2 is 1.75 bits per heavy atom. The molecule has 3 aromatic rings. The Hall–Kier alpha value is -2.92. The number of piperidine rings is 1. The molecule has 1 amide bonds. The van der Waals surface area contributed by atoms with Crippen LogP contribution in [0, 0.1) is 5.92 Å². The molecule has 1 aromatic heterocycles. The second-order valence-corrected chi connectivity index (χ2v) is 8.70. The van der Waals surface area contributed by atoms with E-state index in [2.05, 4.69) is 35.2 Å². The topological polar surface area (TPSA) is 45.7 Å². The highest BCUT2D eigenvalue weighted by molar-refractivity contribution is 6.05. The molecular formula is C27H33N3O2. The van der Waals surface area contributed by atoms with Crippen LogP contribution in [0.4, 0.5) is 0 Å². The summed E-state index contributed by atoms with van der Waals surface area (Å²) in [4.78, 5) is 22.4. The normalized spacial score (nSPS) is 16.8. The molecule has 0 N–H and O–H groups in total. The van der Waals surface area contributed by atoms with Crippen molar-refractivity contribution in [3.63, 3.8) is 0 Å². The summed E-state index contributed by atoms with van der Waals surface area (Å²) in [6.45, 7) is 4.68. The summed E-state index contributed by atoms with van der Waals surface area (Å²) in [7, 11) is 1.64. The molecule has 3 heterocycles. The second-order valence-electron chi connectivity index (χ2n) is 8.70. The van der Waals surface area contributed by atoms with Gasteiger partial charge >= 0.3 is 0 Å². The number of fused-ring (bicyclic) bond motifs is 2. The van der Waals surface area contributed by atoms with Crippen LogP contribution in [0.2, 0.25) is 0 Å². The first-order chi connectivity index (χ1) is 15.2. The number of benzene rings is 2. The van der Waals surface area contributed by atoms with Crippen LogP contribution in [-0.4, -0.2) is 47.4 Å². The minimum Gasteiger partial charge on any atom is -0.495 e. The summed E-state index contributed by atoms with van der Waals surface area (Å²) < 4.78 is 5.65. The van der Waals surface area contributed by atoms with Gasteiger partial charge in [-0.1, -0.05) is 49.9 Å². The van der Waals surface area contributed by atoms with Gasteiger partial charge in [-0.2, -0.15) is 0 Å². The fourth-order valence-electron chi connectivity index (χ4n) is 4.98. The van der Waals surface area contributed by atoms with E-state index < -0.39 is 0 Å². The van der Waals surface area contributed by atoms with Gasteiger partial charge in [0.2, 0.25) is 0 Å². The molecule has 0 spiro atoms. The van der Waals surface area contributed by atoms with Crippen LogP contribution in [-0.2, 0) is 13.1 Å². The van der Waals surface area contributed by atoms with Gasteiger partial charge in [0, 0.05) is 18.5 Å². The van der Waals surface area contributed by atoms with Crippen molar-refractivity contribution in [1.82, 2.24) is 14.8 Å². The van der Waals surface area contributed by atoms with E-state index in [1.165, 1.54) is 18.4 Å². The molecule has 0 radical (unpaired) electrons. The van der Waals surface area contributed by atoms with Gasteiger partial charge in [0.15, 0.2) is 0 Å². The third-order valence-corrected chi connectivity index (χ3v) is 6.73. The van der Waals surface area contributed by atoms with Gasteiger partial charge in [-0.15, -0.1) is 0 Å². The van der Waals surface area contributed by atoms with Gasteiger partial charge in [0.1, 0.15) is 11.3 Å². The Labute approximate surface area is 191 Å². The fourth-order valence-corrected chi connectivity index (χ4v) is 4.98. The zero-order valence-corrected chi connectivity index (χ0v) is 18.1. The first-order valence-corrected chi connectivity index (χ1v) is 11.2. The number of carbonyl (C=O) groups is 1. The van der Waals surface area contributed by atoms with Crippen LogP contribution >= 0.6 is 0 Å². The van der Waals surface area contributed by atoms with Gasteiger partial charge in [-0.05, 0) is 56.0 Å². The van der Waals surface area contributed by atoms with Gasteiger partial charge in [-0.25, -0.2) is 4.98 Å². The fraction of sp³-hybridized carbons (Fsp3) is 0.407. The molecule has 0 bridgehead atoms. The average molecular weight is 432 g/mol. The van der Waals surface area contributed by atoms with Gasteiger partial charge in [0.05, 0.1) is 24.9 Å². The van der Waals surface area contributed by atoms with Crippen molar-refractivity contribution in [3.05, 3.63) is 71.4 Å². The number of para-hydroxylation sites is 1. The smallest absolute Gasteiger partial charge is 0.259 e. The van der Waals surface area contributed by atoms with Crippen LogP contribution in [0.15, 0.2) is 54.6 Å². The minimum atomic E-state index is 0. The number of hydrogen-bond acceptors (Lipinski definition) is 4. The van der Waals surface area contributed by atoms with Gasteiger partial charge in [0.25, 0.3) is 5.91 Å². The summed E-state index contributed by atoms with van der Waals surface area (Å²) in [6, 6.07) is 18.6. The molecule has 5 nitrogen and oxygen atoms in total. The number of pyridine rings is 1. The number of amides is 1. The van der Waals surface area contributed by atoms with E-state index in [0.717, 1.165) is 49.2 Å². The van der Waals surface area contributed by atoms with E-state index >= 15 is 0 Å². The van der Waals surface area contributed by atoms with Crippen LogP contribution in [0.1, 0.15) is 48.3 Å². The van der Waals surface area contributed by atoms with Crippen molar-refractivity contribution >= 4 is 16.8 Å². The molecule has 1 fully saturated rings. The molecule has 2 aliphatic rings. The lowest BCUT2D eigenvalue weighted by molar-refractivity contribution is 0.0754.